The van der Waals surface area contributed by atoms with Crippen molar-refractivity contribution in [3.8, 4) is 11.5 Å². The first-order valence-corrected chi connectivity index (χ1v) is 14.0. The third-order valence-corrected chi connectivity index (χ3v) is 6.88. The van der Waals surface area contributed by atoms with Crippen molar-refractivity contribution in [3.05, 3.63) is 120 Å². The molecule has 0 spiro atoms. The van der Waals surface area contributed by atoms with Crippen LogP contribution in [0.25, 0.3) is 0 Å². The molecule has 0 unspecified atom stereocenters. The molecule has 0 saturated carbocycles. The van der Waals surface area contributed by atoms with Crippen LogP contribution in [0.3, 0.4) is 0 Å². The summed E-state index contributed by atoms with van der Waals surface area (Å²) in [6.07, 6.45) is -0.519. The average molecular weight is 595 g/mol. The predicted octanol–water partition coefficient (Wildman–Crippen LogP) is 6.66. The Labute approximate surface area is 253 Å². The quantitative estimate of drug-likeness (QED) is 0.237. The second-order valence-corrected chi connectivity index (χ2v) is 10.0. The highest BCUT2D eigenvalue weighted by molar-refractivity contribution is 5.87. The van der Waals surface area contributed by atoms with Crippen LogP contribution >= 0.6 is 0 Å². The number of rotatable bonds is 6. The van der Waals surface area contributed by atoms with E-state index >= 15 is 0 Å². The van der Waals surface area contributed by atoms with Crippen LogP contribution in [0.1, 0.15) is 35.8 Å². The van der Waals surface area contributed by atoms with E-state index in [0.29, 0.717) is 48.9 Å². The van der Waals surface area contributed by atoms with Crippen molar-refractivity contribution in [2.24, 2.45) is 0 Å². The molecule has 0 bridgehead atoms. The minimum atomic E-state index is -0.566. The van der Waals surface area contributed by atoms with Crippen molar-refractivity contribution in [3.63, 3.8) is 0 Å². The van der Waals surface area contributed by atoms with E-state index in [2.05, 4.69) is 10.6 Å². The van der Waals surface area contributed by atoms with E-state index in [1.807, 2.05) is 60.7 Å². The first kappa shape index (κ1) is 29.8. The molecular formula is C34H30N2O8. The summed E-state index contributed by atoms with van der Waals surface area (Å²) in [6.45, 7) is 0.638. The van der Waals surface area contributed by atoms with Gasteiger partial charge in [-0.15, -0.1) is 0 Å². The Balaban J connectivity index is 0.000000175. The number of cyclic esters (lactones) is 2. The minimum Gasteiger partial charge on any atom is -0.465 e. The molecule has 2 atom stereocenters. The third-order valence-electron chi connectivity index (χ3n) is 6.88. The Morgan fingerprint density at radius 2 is 0.909 bits per heavy atom. The maximum absolute atomic E-state index is 12.0. The number of anilines is 2. The average Bonchev–Trinajstić information content (AvgIpc) is 3.67. The Morgan fingerprint density at radius 3 is 1.27 bits per heavy atom. The Hall–Kier alpha value is -5.64. The standard InChI is InChI=1S/2C17H15NO4/c2*19-16-10-12(11-21-16)14-8-4-5-9-15(14)22-17(20)18-13-6-2-1-3-7-13/h2*1-9,12H,10-11H2,(H,18,20)/t2*12-/m00/s1. The number of para-hydroxylation sites is 4. The summed E-state index contributed by atoms with van der Waals surface area (Å²) in [5, 5.41) is 5.32. The number of ether oxygens (including phenoxy) is 4. The highest BCUT2D eigenvalue weighted by Crippen LogP contribution is 2.34. The zero-order valence-electron chi connectivity index (χ0n) is 23.6. The Bertz CT molecular complexity index is 1490. The number of esters is 2. The van der Waals surface area contributed by atoms with Gasteiger partial charge in [-0.1, -0.05) is 72.8 Å². The molecular weight excluding hydrogens is 564 g/mol. The molecule has 2 heterocycles. The maximum Gasteiger partial charge on any atom is 0.417 e. The SMILES string of the molecule is O=C1C[C@H](c2ccccc2OC(=O)Nc2ccccc2)CO1.O=C1C[C@H](c2ccccc2OC(=O)Nc2ccccc2)CO1. The summed E-state index contributed by atoms with van der Waals surface area (Å²) in [7, 11) is 0. The van der Waals surface area contributed by atoms with Crippen LogP contribution < -0.4 is 20.1 Å². The molecule has 2 N–H and O–H groups in total. The Kier molecular flexibility index (Phi) is 9.83. The van der Waals surface area contributed by atoms with Gasteiger partial charge in [-0.3, -0.25) is 20.2 Å². The van der Waals surface area contributed by atoms with Crippen LogP contribution in [0.15, 0.2) is 109 Å². The van der Waals surface area contributed by atoms with Gasteiger partial charge >= 0.3 is 24.1 Å². The molecule has 44 heavy (non-hydrogen) atoms. The lowest BCUT2D eigenvalue weighted by Crippen LogP contribution is -2.18. The number of benzene rings is 4. The third kappa shape index (κ3) is 8.22. The molecule has 2 saturated heterocycles. The summed E-state index contributed by atoms with van der Waals surface area (Å²) in [5.41, 5.74) is 2.92. The van der Waals surface area contributed by atoms with Gasteiger partial charge in [-0.25, -0.2) is 9.59 Å². The first-order chi connectivity index (χ1) is 21.4. The van der Waals surface area contributed by atoms with E-state index < -0.39 is 12.2 Å². The topological polar surface area (TPSA) is 129 Å². The lowest BCUT2D eigenvalue weighted by Gasteiger charge is -2.13. The van der Waals surface area contributed by atoms with E-state index in [1.165, 1.54) is 0 Å². The second kappa shape index (κ2) is 14.5. The van der Waals surface area contributed by atoms with Crippen LogP contribution in [0, 0.1) is 0 Å². The molecule has 10 heteroatoms. The van der Waals surface area contributed by atoms with Gasteiger partial charge in [-0.2, -0.15) is 0 Å². The van der Waals surface area contributed by atoms with Gasteiger partial charge in [0, 0.05) is 34.3 Å². The normalized spacial score (nSPS) is 16.9. The van der Waals surface area contributed by atoms with E-state index in [1.54, 1.807) is 48.5 Å². The molecule has 4 aromatic carbocycles. The van der Waals surface area contributed by atoms with Crippen molar-refractivity contribution >= 4 is 35.5 Å². The summed E-state index contributed by atoms with van der Waals surface area (Å²) >= 11 is 0. The van der Waals surface area contributed by atoms with Gasteiger partial charge < -0.3 is 18.9 Å². The van der Waals surface area contributed by atoms with Crippen LogP contribution in [0.4, 0.5) is 21.0 Å². The smallest absolute Gasteiger partial charge is 0.417 e. The molecule has 224 valence electrons. The van der Waals surface area contributed by atoms with E-state index in [9.17, 15) is 19.2 Å². The van der Waals surface area contributed by atoms with Gasteiger partial charge in [0.2, 0.25) is 0 Å². The van der Waals surface area contributed by atoms with Crippen molar-refractivity contribution in [1.29, 1.82) is 0 Å². The number of nitrogens with one attached hydrogen (secondary N) is 2. The number of amides is 2. The summed E-state index contributed by atoms with van der Waals surface area (Å²) < 4.78 is 20.7. The fourth-order valence-electron chi connectivity index (χ4n) is 4.78. The largest absolute Gasteiger partial charge is 0.465 e. The van der Waals surface area contributed by atoms with Gasteiger partial charge in [0.05, 0.1) is 26.1 Å². The van der Waals surface area contributed by atoms with Gasteiger partial charge in [0.25, 0.3) is 0 Å². The molecule has 0 aromatic heterocycles. The monoisotopic (exact) mass is 594 g/mol. The van der Waals surface area contributed by atoms with Crippen LogP contribution in [-0.2, 0) is 19.1 Å². The molecule has 0 aliphatic carbocycles. The number of hydrogen-bond acceptors (Lipinski definition) is 8. The van der Waals surface area contributed by atoms with Crippen molar-refractivity contribution < 1.29 is 38.1 Å². The molecule has 2 amide bonds. The Morgan fingerprint density at radius 1 is 0.545 bits per heavy atom. The van der Waals surface area contributed by atoms with E-state index in [-0.39, 0.29) is 23.8 Å². The fourth-order valence-corrected chi connectivity index (χ4v) is 4.78. The summed E-state index contributed by atoms with van der Waals surface area (Å²) in [5.74, 6) is 0.280. The van der Waals surface area contributed by atoms with Crippen LogP contribution in [0.2, 0.25) is 0 Å². The number of carbonyl (C=O) groups excluding carboxylic acids is 4. The van der Waals surface area contributed by atoms with E-state index in [0.717, 1.165) is 11.1 Å². The second-order valence-electron chi connectivity index (χ2n) is 10.0. The highest BCUT2D eigenvalue weighted by Gasteiger charge is 2.29. The molecule has 2 aliphatic rings. The van der Waals surface area contributed by atoms with Gasteiger partial charge in [0.1, 0.15) is 11.5 Å². The number of carbonyl (C=O) groups is 4. The lowest BCUT2D eigenvalue weighted by molar-refractivity contribution is -0.138. The van der Waals surface area contributed by atoms with Gasteiger partial charge in [0.15, 0.2) is 0 Å². The molecule has 10 nitrogen and oxygen atoms in total. The summed E-state index contributed by atoms with van der Waals surface area (Å²) in [4.78, 5) is 46.5. The van der Waals surface area contributed by atoms with E-state index in [4.69, 9.17) is 18.9 Å². The minimum absolute atomic E-state index is 0.0757. The predicted molar refractivity (Wildman–Crippen MR) is 162 cm³/mol. The molecule has 0 radical (unpaired) electrons. The summed E-state index contributed by atoms with van der Waals surface area (Å²) in [6, 6.07) is 32.5. The van der Waals surface area contributed by atoms with Gasteiger partial charge in [-0.05, 0) is 36.4 Å². The van der Waals surface area contributed by atoms with Crippen LogP contribution in [0.5, 0.6) is 11.5 Å². The van der Waals surface area contributed by atoms with Crippen molar-refractivity contribution in [2.45, 2.75) is 24.7 Å². The molecule has 4 aromatic rings. The van der Waals surface area contributed by atoms with Crippen LogP contribution in [-0.4, -0.2) is 37.3 Å². The fraction of sp³-hybridized carbons (Fsp3) is 0.176. The van der Waals surface area contributed by atoms with Crippen molar-refractivity contribution in [2.75, 3.05) is 23.8 Å². The maximum atomic E-state index is 12.0. The molecule has 2 aliphatic heterocycles. The molecule has 2 fully saturated rings. The highest BCUT2D eigenvalue weighted by atomic mass is 16.6. The zero-order chi connectivity index (χ0) is 30.7. The molecule has 6 rings (SSSR count). The van der Waals surface area contributed by atoms with Crippen molar-refractivity contribution in [1.82, 2.24) is 0 Å². The zero-order valence-corrected chi connectivity index (χ0v) is 23.6. The first-order valence-electron chi connectivity index (χ1n) is 14.0. The lowest BCUT2D eigenvalue weighted by atomic mass is 9.97. The number of hydrogen-bond donors (Lipinski definition) is 2.